The van der Waals surface area contributed by atoms with Crippen LogP contribution < -0.4 is 0 Å². The van der Waals surface area contributed by atoms with E-state index in [9.17, 15) is 0 Å². The maximum atomic E-state index is 4.67. The molecule has 0 unspecified atom stereocenters. The molecule has 0 radical (unpaired) electrons. The lowest BCUT2D eigenvalue weighted by Crippen LogP contribution is -2.05. The lowest BCUT2D eigenvalue weighted by molar-refractivity contribution is -0.259. The first-order chi connectivity index (χ1) is 5.31. The zero-order chi connectivity index (χ0) is 8.53. The van der Waals surface area contributed by atoms with Gasteiger partial charge in [-0.15, -0.1) is 0 Å². The highest BCUT2D eigenvalue weighted by Gasteiger charge is 1.91. The van der Waals surface area contributed by atoms with Gasteiger partial charge in [-0.25, -0.2) is 9.78 Å². The summed E-state index contributed by atoms with van der Waals surface area (Å²) >= 11 is 0. The Kier molecular flexibility index (Phi) is 7.02. The van der Waals surface area contributed by atoms with Crippen molar-refractivity contribution in [2.45, 2.75) is 6.92 Å². The van der Waals surface area contributed by atoms with Crippen LogP contribution in [0, 0.1) is 0 Å². The number of oxime groups is 1. The van der Waals surface area contributed by atoms with Crippen LogP contribution in [-0.4, -0.2) is 33.3 Å². The molecule has 0 heterocycles. The van der Waals surface area contributed by atoms with E-state index in [-0.39, 0.29) is 6.79 Å². The third-order valence-corrected chi connectivity index (χ3v) is 0.777. The Morgan fingerprint density at radius 2 is 2.09 bits per heavy atom. The average molecular weight is 163 g/mol. The fourth-order valence-electron chi connectivity index (χ4n) is 0.360. The van der Waals surface area contributed by atoms with Gasteiger partial charge in [0.25, 0.3) is 0 Å². The molecule has 5 heteroatoms. The Labute approximate surface area is 65.8 Å². The summed E-state index contributed by atoms with van der Waals surface area (Å²) in [6.07, 6.45) is 0. The number of nitrogens with zero attached hydrogens (tertiary/aromatic N) is 1. The Balaban J connectivity index is 3.30. The molecule has 0 amide bonds. The molecular formula is C6H13NO4. The minimum absolute atomic E-state index is 0.143. The van der Waals surface area contributed by atoms with Crippen LogP contribution in [0.15, 0.2) is 5.16 Å². The SMILES string of the molecule is COCON=C(C)COOC. The molecule has 0 fully saturated rings. The monoisotopic (exact) mass is 163 g/mol. The van der Waals surface area contributed by atoms with Gasteiger partial charge >= 0.3 is 0 Å². The Bertz CT molecular complexity index is 115. The van der Waals surface area contributed by atoms with Crippen LogP contribution in [0.5, 0.6) is 0 Å². The molecule has 66 valence electrons. The van der Waals surface area contributed by atoms with Crippen LogP contribution in [0.3, 0.4) is 0 Å². The minimum atomic E-state index is 0.143. The predicted molar refractivity (Wildman–Crippen MR) is 39.0 cm³/mol. The van der Waals surface area contributed by atoms with Gasteiger partial charge in [0.1, 0.15) is 6.61 Å². The molecule has 0 saturated carbocycles. The molecule has 0 aromatic carbocycles. The molecule has 0 aliphatic rings. The first kappa shape index (κ1) is 10.3. The Hall–Kier alpha value is -0.650. The summed E-state index contributed by atoms with van der Waals surface area (Å²) in [5.41, 5.74) is 0.684. The Morgan fingerprint density at radius 3 is 2.64 bits per heavy atom. The van der Waals surface area contributed by atoms with E-state index in [1.807, 2.05) is 0 Å². The summed E-state index contributed by atoms with van der Waals surface area (Å²) in [4.78, 5) is 13.6. The van der Waals surface area contributed by atoms with E-state index < -0.39 is 0 Å². The number of ether oxygens (including phenoxy) is 1. The predicted octanol–water partition coefficient (Wildman–Crippen LogP) is 0.561. The third-order valence-electron chi connectivity index (χ3n) is 0.777. The van der Waals surface area contributed by atoms with E-state index in [1.54, 1.807) is 6.92 Å². The van der Waals surface area contributed by atoms with Crippen molar-refractivity contribution in [1.29, 1.82) is 0 Å². The molecule has 11 heavy (non-hydrogen) atoms. The maximum Gasteiger partial charge on any atom is 0.216 e. The van der Waals surface area contributed by atoms with Crippen molar-refractivity contribution < 1.29 is 19.3 Å². The Morgan fingerprint density at radius 1 is 1.36 bits per heavy atom. The molecular weight excluding hydrogens is 150 g/mol. The van der Waals surface area contributed by atoms with Crippen molar-refractivity contribution >= 4 is 5.71 Å². The average Bonchev–Trinajstić information content (AvgIpc) is 2.01. The standard InChI is InChI=1S/C6H13NO4/c1-6(4-11-9-3)7-10-5-8-2/h4-5H2,1-3H3. The molecule has 0 aromatic heterocycles. The van der Waals surface area contributed by atoms with Crippen molar-refractivity contribution in [3.63, 3.8) is 0 Å². The molecule has 0 saturated heterocycles. The molecule has 5 nitrogen and oxygen atoms in total. The molecule has 0 spiro atoms. The molecule has 0 bridgehead atoms. The van der Waals surface area contributed by atoms with E-state index in [0.717, 1.165) is 0 Å². The highest BCUT2D eigenvalue weighted by molar-refractivity contribution is 5.82. The summed E-state index contributed by atoms with van der Waals surface area (Å²) in [6, 6.07) is 0. The molecule has 0 N–H and O–H groups in total. The van der Waals surface area contributed by atoms with E-state index in [0.29, 0.717) is 12.3 Å². The van der Waals surface area contributed by atoms with Gasteiger partial charge < -0.3 is 9.57 Å². The lowest BCUT2D eigenvalue weighted by atomic mass is 10.5. The van der Waals surface area contributed by atoms with E-state index in [2.05, 4.69) is 24.5 Å². The van der Waals surface area contributed by atoms with Crippen molar-refractivity contribution in [3.8, 4) is 0 Å². The number of methoxy groups -OCH3 is 1. The van der Waals surface area contributed by atoms with Crippen LogP contribution in [-0.2, 0) is 19.3 Å². The fraction of sp³-hybridized carbons (Fsp3) is 0.833. The summed E-state index contributed by atoms with van der Waals surface area (Å²) in [5.74, 6) is 0. The zero-order valence-electron chi connectivity index (χ0n) is 6.99. The van der Waals surface area contributed by atoms with Crippen molar-refractivity contribution in [2.75, 3.05) is 27.6 Å². The lowest BCUT2D eigenvalue weighted by Gasteiger charge is -1.99. The van der Waals surface area contributed by atoms with Crippen LogP contribution >= 0.6 is 0 Å². The topological polar surface area (TPSA) is 49.3 Å². The second-order valence-electron chi connectivity index (χ2n) is 1.79. The molecule has 0 aromatic rings. The van der Waals surface area contributed by atoms with Crippen LogP contribution in [0.1, 0.15) is 6.92 Å². The van der Waals surface area contributed by atoms with E-state index in [4.69, 9.17) is 0 Å². The van der Waals surface area contributed by atoms with Gasteiger partial charge in [0, 0.05) is 7.11 Å². The summed E-state index contributed by atoms with van der Waals surface area (Å²) in [5, 5.41) is 3.64. The van der Waals surface area contributed by atoms with E-state index in [1.165, 1.54) is 14.2 Å². The molecule has 0 atom stereocenters. The number of hydrogen-bond donors (Lipinski definition) is 0. The first-order valence-corrected chi connectivity index (χ1v) is 3.11. The van der Waals surface area contributed by atoms with Gasteiger partial charge in [-0.1, -0.05) is 5.16 Å². The zero-order valence-corrected chi connectivity index (χ0v) is 6.99. The molecule has 0 rings (SSSR count). The highest BCUT2D eigenvalue weighted by atomic mass is 17.2. The van der Waals surface area contributed by atoms with Crippen molar-refractivity contribution in [2.24, 2.45) is 5.16 Å². The van der Waals surface area contributed by atoms with Crippen LogP contribution in [0.4, 0.5) is 0 Å². The summed E-state index contributed by atoms with van der Waals surface area (Å²) in [6.45, 7) is 2.19. The minimum Gasteiger partial charge on any atom is -0.367 e. The highest BCUT2D eigenvalue weighted by Crippen LogP contribution is 1.83. The quantitative estimate of drug-likeness (QED) is 0.189. The smallest absolute Gasteiger partial charge is 0.216 e. The van der Waals surface area contributed by atoms with Crippen molar-refractivity contribution in [3.05, 3.63) is 0 Å². The van der Waals surface area contributed by atoms with E-state index >= 15 is 0 Å². The van der Waals surface area contributed by atoms with Crippen molar-refractivity contribution in [1.82, 2.24) is 0 Å². The maximum absolute atomic E-state index is 4.67. The normalized spacial score (nSPS) is 11.7. The van der Waals surface area contributed by atoms with Crippen LogP contribution in [0.2, 0.25) is 0 Å². The summed E-state index contributed by atoms with van der Waals surface area (Å²) < 4.78 is 4.60. The third kappa shape index (κ3) is 7.24. The largest absolute Gasteiger partial charge is 0.367 e. The van der Waals surface area contributed by atoms with Gasteiger partial charge in [-0.2, -0.15) is 0 Å². The van der Waals surface area contributed by atoms with Gasteiger partial charge in [-0.3, -0.25) is 0 Å². The van der Waals surface area contributed by atoms with Gasteiger partial charge in [0.2, 0.25) is 6.79 Å². The van der Waals surface area contributed by atoms with Gasteiger partial charge in [0.05, 0.1) is 12.8 Å². The van der Waals surface area contributed by atoms with Gasteiger partial charge in [0.15, 0.2) is 0 Å². The summed E-state index contributed by atoms with van der Waals surface area (Å²) in [7, 11) is 2.96. The molecule has 0 aliphatic carbocycles. The number of rotatable bonds is 6. The van der Waals surface area contributed by atoms with Gasteiger partial charge in [-0.05, 0) is 6.92 Å². The second-order valence-corrected chi connectivity index (χ2v) is 1.79. The second kappa shape index (κ2) is 7.46. The van der Waals surface area contributed by atoms with Crippen LogP contribution in [0.25, 0.3) is 0 Å². The fourth-order valence-corrected chi connectivity index (χ4v) is 0.360. The first-order valence-electron chi connectivity index (χ1n) is 3.11. The molecule has 0 aliphatic heterocycles. The number of hydrogen-bond acceptors (Lipinski definition) is 5.